The van der Waals surface area contributed by atoms with Gasteiger partial charge < -0.3 is 10.5 Å². The molecule has 4 rings (SSSR count). The molecular formula is C20H31NO2. The van der Waals surface area contributed by atoms with E-state index < -0.39 is 6.09 Å². The van der Waals surface area contributed by atoms with E-state index in [0.29, 0.717) is 10.8 Å². The van der Waals surface area contributed by atoms with Crippen LogP contribution in [-0.2, 0) is 4.74 Å². The zero-order chi connectivity index (χ0) is 16.2. The van der Waals surface area contributed by atoms with Gasteiger partial charge in [-0.2, -0.15) is 0 Å². The van der Waals surface area contributed by atoms with Crippen molar-refractivity contribution in [2.24, 2.45) is 34.3 Å². The summed E-state index contributed by atoms with van der Waals surface area (Å²) in [4.78, 5) is 11.1. The lowest BCUT2D eigenvalue weighted by molar-refractivity contribution is -0.0372. The Kier molecular flexibility index (Phi) is 3.55. The van der Waals surface area contributed by atoms with Gasteiger partial charge in [-0.15, -0.1) is 0 Å². The van der Waals surface area contributed by atoms with E-state index in [4.69, 9.17) is 10.5 Å². The first-order valence-electron chi connectivity index (χ1n) is 9.58. The van der Waals surface area contributed by atoms with E-state index in [9.17, 15) is 4.79 Å². The molecule has 1 amide bonds. The zero-order valence-electron chi connectivity index (χ0n) is 14.6. The highest BCUT2D eigenvalue weighted by molar-refractivity contribution is 5.64. The van der Waals surface area contributed by atoms with Crippen molar-refractivity contribution in [2.75, 3.05) is 0 Å². The number of rotatable bonds is 1. The normalized spacial score (nSPS) is 48.7. The predicted molar refractivity (Wildman–Crippen MR) is 90.8 cm³/mol. The number of fused-ring (bicyclic) bond motifs is 5. The average molecular weight is 317 g/mol. The molecule has 0 radical (unpaired) electrons. The van der Waals surface area contributed by atoms with Crippen LogP contribution in [0.15, 0.2) is 11.6 Å². The molecule has 23 heavy (non-hydrogen) atoms. The van der Waals surface area contributed by atoms with Crippen LogP contribution in [0, 0.1) is 28.6 Å². The van der Waals surface area contributed by atoms with Gasteiger partial charge in [0.25, 0.3) is 0 Å². The molecule has 3 fully saturated rings. The monoisotopic (exact) mass is 317 g/mol. The quantitative estimate of drug-likeness (QED) is 0.706. The SMILES string of the molecule is C[C@@]12CCCC1C1CC=C3C[C@@H](OC(N)=O)CC[C@]3(C)C1CC2. The van der Waals surface area contributed by atoms with Crippen LogP contribution in [0.5, 0.6) is 0 Å². The van der Waals surface area contributed by atoms with Crippen molar-refractivity contribution in [1.29, 1.82) is 0 Å². The highest BCUT2D eigenvalue weighted by Gasteiger charge is 2.55. The molecule has 3 heteroatoms. The topological polar surface area (TPSA) is 52.3 Å². The molecule has 0 aromatic rings. The molecule has 128 valence electrons. The van der Waals surface area contributed by atoms with Gasteiger partial charge in [0.2, 0.25) is 0 Å². The fourth-order valence-corrected chi connectivity index (χ4v) is 6.89. The van der Waals surface area contributed by atoms with Gasteiger partial charge in [-0.1, -0.05) is 31.9 Å². The summed E-state index contributed by atoms with van der Waals surface area (Å²) in [5.41, 5.74) is 7.73. The Morgan fingerprint density at radius 3 is 2.78 bits per heavy atom. The maximum absolute atomic E-state index is 11.1. The predicted octanol–water partition coefficient (Wildman–Crippen LogP) is 4.80. The third kappa shape index (κ3) is 2.34. The molecule has 4 aliphatic carbocycles. The fourth-order valence-electron chi connectivity index (χ4n) is 6.89. The Labute approximate surface area is 140 Å². The first-order valence-corrected chi connectivity index (χ1v) is 9.58. The van der Waals surface area contributed by atoms with Crippen molar-refractivity contribution in [2.45, 2.75) is 77.7 Å². The minimum atomic E-state index is -0.618. The van der Waals surface area contributed by atoms with E-state index in [1.54, 1.807) is 5.57 Å². The van der Waals surface area contributed by atoms with Gasteiger partial charge in [-0.3, -0.25) is 0 Å². The number of ether oxygens (including phenoxy) is 1. The van der Waals surface area contributed by atoms with Gasteiger partial charge in [0.15, 0.2) is 0 Å². The van der Waals surface area contributed by atoms with E-state index in [2.05, 4.69) is 19.9 Å². The van der Waals surface area contributed by atoms with Crippen LogP contribution in [0.3, 0.4) is 0 Å². The lowest BCUT2D eigenvalue weighted by Crippen LogP contribution is -2.49. The van der Waals surface area contributed by atoms with Crippen molar-refractivity contribution in [3.63, 3.8) is 0 Å². The minimum absolute atomic E-state index is 0.00344. The molecule has 2 N–H and O–H groups in total. The van der Waals surface area contributed by atoms with E-state index in [1.165, 1.54) is 38.5 Å². The van der Waals surface area contributed by atoms with Crippen molar-refractivity contribution in [3.8, 4) is 0 Å². The summed E-state index contributed by atoms with van der Waals surface area (Å²) in [6.45, 7) is 5.05. The summed E-state index contributed by atoms with van der Waals surface area (Å²) in [6, 6.07) is 0. The van der Waals surface area contributed by atoms with Gasteiger partial charge >= 0.3 is 6.09 Å². The van der Waals surface area contributed by atoms with Crippen LogP contribution in [0.2, 0.25) is 0 Å². The van der Waals surface area contributed by atoms with Gasteiger partial charge in [-0.25, -0.2) is 4.79 Å². The van der Waals surface area contributed by atoms with Crippen LogP contribution in [0.4, 0.5) is 4.79 Å². The van der Waals surface area contributed by atoms with E-state index in [1.807, 2.05) is 0 Å². The Balaban J connectivity index is 1.58. The molecule has 0 saturated heterocycles. The van der Waals surface area contributed by atoms with Gasteiger partial charge in [0.1, 0.15) is 6.10 Å². The number of allylic oxidation sites excluding steroid dienone is 1. The number of primary amides is 1. The van der Waals surface area contributed by atoms with Crippen LogP contribution in [-0.4, -0.2) is 12.2 Å². The second-order valence-electron chi connectivity index (χ2n) is 9.15. The fraction of sp³-hybridized carbons (Fsp3) is 0.850. The second-order valence-corrected chi connectivity index (χ2v) is 9.15. The summed E-state index contributed by atoms with van der Waals surface area (Å²) in [6.07, 6.45) is 13.3. The van der Waals surface area contributed by atoms with Gasteiger partial charge in [-0.05, 0) is 73.5 Å². The van der Waals surface area contributed by atoms with Crippen LogP contribution in [0.25, 0.3) is 0 Å². The standard InChI is InChI=1S/C20H31NO2/c1-19-9-3-4-16(19)15-6-5-13-12-14(23-18(21)22)7-11-20(13,2)17(15)8-10-19/h5,14-17H,3-4,6-12H2,1-2H3,(H2,21,22)/t14-,15?,16?,17?,19-,20-/m0/s1. The zero-order valence-corrected chi connectivity index (χ0v) is 14.6. The number of amides is 1. The molecule has 0 aromatic carbocycles. The second kappa shape index (κ2) is 5.26. The van der Waals surface area contributed by atoms with Crippen molar-refractivity contribution < 1.29 is 9.53 Å². The molecule has 0 aliphatic heterocycles. The number of carbonyl (C=O) groups excluding carboxylic acids is 1. The van der Waals surface area contributed by atoms with Gasteiger partial charge in [0.05, 0.1) is 0 Å². The largest absolute Gasteiger partial charge is 0.446 e. The number of nitrogens with two attached hydrogens (primary N) is 1. The molecular weight excluding hydrogens is 286 g/mol. The van der Waals surface area contributed by atoms with E-state index >= 15 is 0 Å². The third-order valence-corrected chi connectivity index (χ3v) is 8.12. The van der Waals surface area contributed by atoms with E-state index in [-0.39, 0.29) is 6.10 Å². The molecule has 0 bridgehead atoms. The van der Waals surface area contributed by atoms with E-state index in [0.717, 1.165) is 37.0 Å². The Morgan fingerprint density at radius 2 is 2.00 bits per heavy atom. The van der Waals surface area contributed by atoms with Crippen molar-refractivity contribution >= 4 is 6.09 Å². The van der Waals surface area contributed by atoms with Gasteiger partial charge in [0, 0.05) is 6.42 Å². The molecule has 3 nitrogen and oxygen atoms in total. The molecule has 3 saturated carbocycles. The number of hydrogen-bond acceptors (Lipinski definition) is 2. The Hall–Kier alpha value is -0.990. The summed E-state index contributed by atoms with van der Waals surface area (Å²) in [7, 11) is 0. The lowest BCUT2D eigenvalue weighted by atomic mass is 9.48. The first kappa shape index (κ1) is 15.5. The smallest absolute Gasteiger partial charge is 0.404 e. The molecule has 4 aliphatic rings. The summed E-state index contributed by atoms with van der Waals surface area (Å²) in [5, 5.41) is 0. The van der Waals surface area contributed by atoms with Crippen LogP contribution in [0.1, 0.15) is 71.6 Å². The molecule has 6 atom stereocenters. The first-order chi connectivity index (χ1) is 10.9. The van der Waals surface area contributed by atoms with Crippen molar-refractivity contribution in [1.82, 2.24) is 0 Å². The maximum atomic E-state index is 11.1. The highest BCUT2D eigenvalue weighted by Crippen LogP contribution is 2.64. The average Bonchev–Trinajstić information content (AvgIpc) is 2.89. The molecule has 3 unspecified atom stereocenters. The Bertz CT molecular complexity index is 542. The molecule has 0 spiro atoms. The summed E-state index contributed by atoms with van der Waals surface area (Å²) in [5.74, 6) is 2.67. The molecule has 0 heterocycles. The minimum Gasteiger partial charge on any atom is -0.446 e. The number of hydrogen-bond donors (Lipinski definition) is 1. The summed E-state index contributed by atoms with van der Waals surface area (Å²) < 4.78 is 5.30. The summed E-state index contributed by atoms with van der Waals surface area (Å²) >= 11 is 0. The lowest BCUT2D eigenvalue weighted by Gasteiger charge is -2.57. The number of carbonyl (C=O) groups is 1. The molecule has 0 aromatic heterocycles. The third-order valence-electron chi connectivity index (χ3n) is 8.12. The highest BCUT2D eigenvalue weighted by atomic mass is 16.6. The van der Waals surface area contributed by atoms with Crippen LogP contribution >= 0.6 is 0 Å². The van der Waals surface area contributed by atoms with Crippen LogP contribution < -0.4 is 5.73 Å². The maximum Gasteiger partial charge on any atom is 0.404 e. The Morgan fingerprint density at radius 1 is 1.17 bits per heavy atom. The van der Waals surface area contributed by atoms with Crippen molar-refractivity contribution in [3.05, 3.63) is 11.6 Å².